The van der Waals surface area contributed by atoms with Gasteiger partial charge in [0.1, 0.15) is 5.15 Å². The molecule has 0 spiro atoms. The van der Waals surface area contributed by atoms with E-state index in [-0.39, 0.29) is 0 Å². The number of hydrogen-bond donors (Lipinski definition) is 0. The molecule has 1 aromatic carbocycles. The fraction of sp³-hybridized carbons (Fsp3) is 0.400. The Labute approximate surface area is 134 Å². The fourth-order valence-electron chi connectivity index (χ4n) is 2.08. The van der Waals surface area contributed by atoms with Crippen LogP contribution in [0.15, 0.2) is 24.3 Å². The molecule has 5 heteroatoms. The SMILES string of the molecule is CC(C)Cc1nn(Cc2ccc(Cl)cc2)c(Cl)c1CCl. The summed E-state index contributed by atoms with van der Waals surface area (Å²) in [6.45, 7) is 4.94. The maximum absolute atomic E-state index is 6.38. The van der Waals surface area contributed by atoms with Crippen LogP contribution in [0.3, 0.4) is 0 Å². The van der Waals surface area contributed by atoms with Crippen LogP contribution in [0.25, 0.3) is 0 Å². The van der Waals surface area contributed by atoms with Crippen LogP contribution in [0.1, 0.15) is 30.7 Å². The van der Waals surface area contributed by atoms with E-state index in [9.17, 15) is 0 Å². The van der Waals surface area contributed by atoms with Crippen molar-refractivity contribution in [3.05, 3.63) is 51.3 Å². The molecule has 1 heterocycles. The second-order valence-corrected chi connectivity index (χ2v) is 6.29. The van der Waals surface area contributed by atoms with Crippen LogP contribution in [-0.4, -0.2) is 9.78 Å². The lowest BCUT2D eigenvalue weighted by Gasteiger charge is -2.04. The smallest absolute Gasteiger partial charge is 0.132 e. The van der Waals surface area contributed by atoms with Gasteiger partial charge in [0.05, 0.1) is 18.1 Å². The van der Waals surface area contributed by atoms with Crippen LogP contribution in [0.2, 0.25) is 10.2 Å². The summed E-state index contributed by atoms with van der Waals surface area (Å²) in [5.41, 5.74) is 3.04. The summed E-state index contributed by atoms with van der Waals surface area (Å²) in [7, 11) is 0. The molecular formula is C15H17Cl3N2. The van der Waals surface area contributed by atoms with Crippen LogP contribution in [0, 0.1) is 5.92 Å². The molecule has 0 unspecified atom stereocenters. The van der Waals surface area contributed by atoms with Crippen LogP contribution < -0.4 is 0 Å². The van der Waals surface area contributed by atoms with Gasteiger partial charge in [0.15, 0.2) is 0 Å². The second-order valence-electron chi connectivity index (χ2n) is 5.23. The van der Waals surface area contributed by atoms with Crippen molar-refractivity contribution in [2.24, 2.45) is 5.92 Å². The number of alkyl halides is 1. The highest BCUT2D eigenvalue weighted by Crippen LogP contribution is 2.25. The number of rotatable bonds is 5. The lowest BCUT2D eigenvalue weighted by atomic mass is 10.1. The van der Waals surface area contributed by atoms with Gasteiger partial charge in [-0.1, -0.05) is 49.2 Å². The van der Waals surface area contributed by atoms with Crippen LogP contribution in [0.5, 0.6) is 0 Å². The Bertz CT molecular complexity index is 574. The summed E-state index contributed by atoms with van der Waals surface area (Å²) in [6.07, 6.45) is 0.884. The first kappa shape index (κ1) is 15.7. The van der Waals surface area contributed by atoms with E-state index in [1.54, 1.807) is 4.68 Å². The predicted octanol–water partition coefficient (Wildman–Crippen LogP) is 5.18. The van der Waals surface area contributed by atoms with Crippen molar-refractivity contribution in [3.8, 4) is 0 Å². The zero-order valence-electron chi connectivity index (χ0n) is 11.5. The lowest BCUT2D eigenvalue weighted by molar-refractivity contribution is 0.607. The van der Waals surface area contributed by atoms with Crippen molar-refractivity contribution in [1.29, 1.82) is 0 Å². The summed E-state index contributed by atoms with van der Waals surface area (Å²) >= 11 is 18.3. The molecule has 108 valence electrons. The molecule has 0 amide bonds. The van der Waals surface area contributed by atoms with Crippen LogP contribution >= 0.6 is 34.8 Å². The minimum atomic E-state index is 0.390. The van der Waals surface area contributed by atoms with E-state index in [1.165, 1.54) is 0 Å². The highest BCUT2D eigenvalue weighted by atomic mass is 35.5. The molecule has 0 bridgehead atoms. The summed E-state index contributed by atoms with van der Waals surface area (Å²) < 4.78 is 1.81. The first-order valence-electron chi connectivity index (χ1n) is 6.55. The van der Waals surface area contributed by atoms with Crippen molar-refractivity contribution in [2.75, 3.05) is 0 Å². The highest BCUT2D eigenvalue weighted by molar-refractivity contribution is 6.31. The Kier molecular flexibility index (Phi) is 5.36. The Morgan fingerprint density at radius 3 is 2.35 bits per heavy atom. The molecule has 20 heavy (non-hydrogen) atoms. The summed E-state index contributed by atoms with van der Waals surface area (Å²) in [6, 6.07) is 7.68. The van der Waals surface area contributed by atoms with Crippen molar-refractivity contribution >= 4 is 34.8 Å². The van der Waals surface area contributed by atoms with Gasteiger partial charge in [-0.3, -0.25) is 0 Å². The van der Waals surface area contributed by atoms with Gasteiger partial charge in [0.2, 0.25) is 0 Å². The molecule has 0 atom stereocenters. The normalized spacial score (nSPS) is 11.3. The van der Waals surface area contributed by atoms with Crippen molar-refractivity contribution < 1.29 is 0 Å². The molecule has 0 aliphatic carbocycles. The molecule has 2 nitrogen and oxygen atoms in total. The Morgan fingerprint density at radius 1 is 1.15 bits per heavy atom. The first-order chi connectivity index (χ1) is 9.51. The van der Waals surface area contributed by atoms with E-state index in [0.717, 1.165) is 28.3 Å². The van der Waals surface area contributed by atoms with Gasteiger partial charge < -0.3 is 0 Å². The minimum Gasteiger partial charge on any atom is -0.249 e. The molecule has 0 saturated heterocycles. The lowest BCUT2D eigenvalue weighted by Crippen LogP contribution is -2.03. The maximum Gasteiger partial charge on any atom is 0.132 e. The zero-order chi connectivity index (χ0) is 14.7. The van der Waals surface area contributed by atoms with Gasteiger partial charge in [0.25, 0.3) is 0 Å². The average molecular weight is 332 g/mol. The number of benzene rings is 1. The number of nitrogens with zero attached hydrogens (tertiary/aromatic N) is 2. The van der Waals surface area contributed by atoms with E-state index in [2.05, 4.69) is 18.9 Å². The maximum atomic E-state index is 6.38. The van der Waals surface area contributed by atoms with Gasteiger partial charge >= 0.3 is 0 Å². The number of halogens is 3. The Balaban J connectivity index is 2.27. The third kappa shape index (κ3) is 3.69. The summed E-state index contributed by atoms with van der Waals surface area (Å²) in [4.78, 5) is 0. The molecule has 2 rings (SSSR count). The first-order valence-corrected chi connectivity index (χ1v) is 7.84. The third-order valence-corrected chi connectivity index (χ3v) is 3.99. The predicted molar refractivity (Wildman–Crippen MR) is 85.9 cm³/mol. The molecule has 0 fully saturated rings. The fourth-order valence-corrected chi connectivity index (χ4v) is 2.82. The van der Waals surface area contributed by atoms with E-state index < -0.39 is 0 Å². The van der Waals surface area contributed by atoms with Gasteiger partial charge in [-0.05, 0) is 30.0 Å². The molecule has 0 saturated carbocycles. The molecule has 1 aromatic heterocycles. The molecule has 0 N–H and O–H groups in total. The van der Waals surface area contributed by atoms with Crippen molar-refractivity contribution in [2.45, 2.75) is 32.7 Å². The molecule has 0 radical (unpaired) electrons. The third-order valence-electron chi connectivity index (χ3n) is 3.05. The van der Waals surface area contributed by atoms with Crippen molar-refractivity contribution in [1.82, 2.24) is 9.78 Å². The summed E-state index contributed by atoms with van der Waals surface area (Å²) in [5.74, 6) is 0.911. The quantitative estimate of drug-likeness (QED) is 0.691. The Morgan fingerprint density at radius 2 is 1.80 bits per heavy atom. The van der Waals surface area contributed by atoms with Gasteiger partial charge in [-0.15, -0.1) is 11.6 Å². The minimum absolute atomic E-state index is 0.390. The average Bonchev–Trinajstić information content (AvgIpc) is 2.67. The molecule has 0 aliphatic heterocycles. The number of aromatic nitrogens is 2. The number of hydrogen-bond acceptors (Lipinski definition) is 1. The van der Waals surface area contributed by atoms with E-state index >= 15 is 0 Å². The van der Waals surface area contributed by atoms with Crippen molar-refractivity contribution in [3.63, 3.8) is 0 Å². The van der Waals surface area contributed by atoms with Gasteiger partial charge in [-0.25, -0.2) is 4.68 Å². The van der Waals surface area contributed by atoms with Gasteiger partial charge in [0, 0.05) is 10.6 Å². The van der Waals surface area contributed by atoms with E-state index in [4.69, 9.17) is 34.8 Å². The van der Waals surface area contributed by atoms with Gasteiger partial charge in [-0.2, -0.15) is 5.10 Å². The zero-order valence-corrected chi connectivity index (χ0v) is 13.8. The largest absolute Gasteiger partial charge is 0.249 e. The molecule has 0 aliphatic rings. The summed E-state index contributed by atoms with van der Waals surface area (Å²) in [5, 5.41) is 5.96. The standard InChI is InChI=1S/C15H17Cl3N2/c1-10(2)7-14-13(8-16)15(18)20(19-14)9-11-3-5-12(17)6-4-11/h3-6,10H,7-9H2,1-2H3. The van der Waals surface area contributed by atoms with Crippen LogP contribution in [-0.2, 0) is 18.8 Å². The topological polar surface area (TPSA) is 17.8 Å². The van der Waals surface area contributed by atoms with E-state index in [0.29, 0.717) is 23.5 Å². The Hall–Kier alpha value is -0.700. The molecule has 2 aromatic rings. The molecular weight excluding hydrogens is 315 g/mol. The monoisotopic (exact) mass is 330 g/mol. The highest BCUT2D eigenvalue weighted by Gasteiger charge is 2.16. The van der Waals surface area contributed by atoms with Crippen LogP contribution in [0.4, 0.5) is 0 Å². The van der Waals surface area contributed by atoms with E-state index in [1.807, 2.05) is 24.3 Å². The second kappa shape index (κ2) is 6.84.